The molecule has 3 aromatic rings. The van der Waals surface area contributed by atoms with Gasteiger partial charge in [0.05, 0.1) is 30.7 Å². The van der Waals surface area contributed by atoms with Gasteiger partial charge in [0.15, 0.2) is 0 Å². The van der Waals surface area contributed by atoms with Crippen LogP contribution in [0.15, 0.2) is 66.7 Å². The normalized spacial score (nSPS) is 16.8. The monoisotopic (exact) mass is 600 g/mol. The van der Waals surface area contributed by atoms with Crippen LogP contribution >= 0.6 is 10.8 Å². The van der Waals surface area contributed by atoms with Crippen molar-refractivity contribution in [2.24, 2.45) is 0 Å². The predicted octanol–water partition coefficient (Wildman–Crippen LogP) is 5.02. The lowest BCUT2D eigenvalue weighted by Gasteiger charge is -2.47. The van der Waals surface area contributed by atoms with E-state index in [2.05, 4.69) is 16.0 Å². The van der Waals surface area contributed by atoms with Crippen molar-refractivity contribution in [2.75, 3.05) is 42.1 Å². The first kappa shape index (κ1) is 31.6. The highest BCUT2D eigenvalue weighted by atomic mass is 32.3. The van der Waals surface area contributed by atoms with Crippen LogP contribution < -0.4 is 25.0 Å². The molecule has 0 aliphatic carbocycles. The van der Waals surface area contributed by atoms with Gasteiger partial charge in [0.1, 0.15) is 11.6 Å². The Kier molecular flexibility index (Phi) is 11.1. The molecule has 2 atom stereocenters. The molecule has 1 aliphatic rings. The lowest BCUT2D eigenvalue weighted by Crippen LogP contribution is -2.48. The zero-order chi connectivity index (χ0) is 30.1. The fraction of sp³-hybridized carbons (Fsp3) is 0.387. The minimum absolute atomic E-state index is 0.103. The summed E-state index contributed by atoms with van der Waals surface area (Å²) < 4.78 is 42.5. The van der Waals surface area contributed by atoms with Gasteiger partial charge in [-0.25, -0.2) is 4.39 Å². The van der Waals surface area contributed by atoms with Gasteiger partial charge in [-0.15, -0.1) is 10.8 Å². The number of aliphatic hydroxyl groups is 1. The topological polar surface area (TPSA) is 126 Å². The number of rotatable bonds is 13. The molecule has 1 fully saturated rings. The van der Waals surface area contributed by atoms with E-state index in [0.717, 1.165) is 18.4 Å². The predicted molar refractivity (Wildman–Crippen MR) is 167 cm³/mol. The first-order chi connectivity index (χ1) is 20.2. The molecule has 0 bridgehead atoms. The molecular formula is C31H41FN4O5S. The van der Waals surface area contributed by atoms with Crippen molar-refractivity contribution in [1.29, 1.82) is 0 Å². The Bertz CT molecular complexity index is 1330. The minimum atomic E-state index is -2.98. The van der Waals surface area contributed by atoms with Gasteiger partial charge in [-0.3, -0.25) is 18.2 Å². The van der Waals surface area contributed by atoms with Crippen molar-refractivity contribution in [1.82, 2.24) is 10.6 Å². The maximum Gasteiger partial charge on any atom is 0.251 e. The summed E-state index contributed by atoms with van der Waals surface area (Å²) in [6, 6.07) is 18.6. The number of nitrogens with zero attached hydrogens (tertiary/aromatic N) is 1. The molecule has 0 saturated carbocycles. The molecule has 11 heteroatoms. The van der Waals surface area contributed by atoms with Crippen LogP contribution in [0.5, 0.6) is 5.75 Å². The number of amides is 1. The van der Waals surface area contributed by atoms with Gasteiger partial charge in [0.2, 0.25) is 0 Å². The van der Waals surface area contributed by atoms with Crippen molar-refractivity contribution < 1.29 is 28.1 Å². The first-order valence-electron chi connectivity index (χ1n) is 14.2. The second kappa shape index (κ2) is 14.7. The third kappa shape index (κ3) is 8.36. The Morgan fingerprint density at radius 3 is 2.60 bits per heavy atom. The largest absolute Gasteiger partial charge is 0.497 e. The van der Waals surface area contributed by atoms with Crippen LogP contribution in [0.2, 0.25) is 0 Å². The van der Waals surface area contributed by atoms with Gasteiger partial charge in [0.25, 0.3) is 5.91 Å². The number of aliphatic hydroxyl groups excluding tert-OH is 1. The zero-order valence-electron chi connectivity index (χ0n) is 24.1. The molecule has 228 valence electrons. The first-order valence-corrected chi connectivity index (χ1v) is 15.9. The van der Waals surface area contributed by atoms with E-state index in [1.807, 2.05) is 43.3 Å². The van der Waals surface area contributed by atoms with Crippen molar-refractivity contribution in [2.45, 2.75) is 44.9 Å². The van der Waals surface area contributed by atoms with Crippen LogP contribution in [0.4, 0.5) is 15.8 Å². The summed E-state index contributed by atoms with van der Waals surface area (Å²) in [5.41, 5.74) is 2.91. The van der Waals surface area contributed by atoms with Crippen molar-refractivity contribution in [3.8, 4) is 5.75 Å². The molecule has 0 aromatic heterocycles. The quantitative estimate of drug-likeness (QED) is 0.162. The summed E-state index contributed by atoms with van der Waals surface area (Å²) in [7, 11) is -1.46. The molecule has 42 heavy (non-hydrogen) atoms. The molecule has 0 spiro atoms. The number of ether oxygens (including phenoxy) is 1. The lowest BCUT2D eigenvalue weighted by atomic mass is 10.00. The van der Waals surface area contributed by atoms with Crippen LogP contribution in [0, 0.1) is 5.82 Å². The Labute approximate surface area is 248 Å². The second-order valence-electron chi connectivity index (χ2n) is 10.4. The third-order valence-electron chi connectivity index (χ3n) is 7.23. The van der Waals surface area contributed by atoms with Crippen LogP contribution in [-0.4, -0.2) is 64.8 Å². The second-order valence-corrected chi connectivity index (χ2v) is 12.5. The number of benzene rings is 3. The summed E-state index contributed by atoms with van der Waals surface area (Å²) >= 11 is 0. The molecule has 9 nitrogen and oxygen atoms in total. The molecule has 1 aliphatic heterocycles. The van der Waals surface area contributed by atoms with Crippen LogP contribution in [0.3, 0.4) is 0 Å². The Morgan fingerprint density at radius 2 is 1.88 bits per heavy atom. The van der Waals surface area contributed by atoms with Crippen LogP contribution in [0.25, 0.3) is 0 Å². The van der Waals surface area contributed by atoms with E-state index < -0.39 is 28.8 Å². The minimum Gasteiger partial charge on any atom is -0.497 e. The van der Waals surface area contributed by atoms with Gasteiger partial charge < -0.3 is 25.8 Å². The highest BCUT2D eigenvalue weighted by molar-refractivity contribution is 8.25. The smallest absolute Gasteiger partial charge is 0.251 e. The number of halogens is 1. The number of hydrogen-bond acceptors (Lipinski definition) is 8. The van der Waals surface area contributed by atoms with Gasteiger partial charge in [-0.05, 0) is 68.1 Å². The van der Waals surface area contributed by atoms with Gasteiger partial charge in [-0.1, -0.05) is 30.3 Å². The number of carbonyl (C=O) groups excluding carboxylic acids is 1. The Hall–Kier alpha value is -3.35. The highest BCUT2D eigenvalue weighted by Gasteiger charge is 2.28. The lowest BCUT2D eigenvalue weighted by molar-refractivity contribution is 0.0830. The molecule has 6 N–H and O–H groups in total. The van der Waals surface area contributed by atoms with E-state index in [-0.39, 0.29) is 24.7 Å². The maximum absolute atomic E-state index is 14.3. The van der Waals surface area contributed by atoms with Gasteiger partial charge in [-0.2, -0.15) is 0 Å². The van der Waals surface area contributed by atoms with Crippen molar-refractivity contribution >= 4 is 28.1 Å². The molecule has 4 rings (SSSR count). The van der Waals surface area contributed by atoms with E-state index in [1.54, 1.807) is 28.6 Å². The summed E-state index contributed by atoms with van der Waals surface area (Å²) in [4.78, 5) is 13.6. The van der Waals surface area contributed by atoms with Crippen molar-refractivity contribution in [3.05, 3.63) is 89.2 Å². The molecular weight excluding hydrogens is 559 g/mol. The molecule has 0 unspecified atom stereocenters. The number of anilines is 2. The Balaban J connectivity index is 1.53. The van der Waals surface area contributed by atoms with E-state index >= 15 is 0 Å². The van der Waals surface area contributed by atoms with Crippen LogP contribution in [-0.2, 0) is 13.0 Å². The number of carbonyl (C=O) groups is 1. The SMILES string of the molecule is CCNc1cc(C(=O)N[C@@H](Cc2ccccc2)[C@H](O)CNCc2cc(OC)ccc2F)cc(N2CCCCS2(O)O)c1. The molecule has 1 saturated heterocycles. The fourth-order valence-corrected chi connectivity index (χ4v) is 6.69. The average molecular weight is 601 g/mol. The third-order valence-corrected chi connectivity index (χ3v) is 9.17. The molecule has 3 aromatic carbocycles. The number of hydrogen-bond donors (Lipinski definition) is 6. The summed E-state index contributed by atoms with van der Waals surface area (Å²) in [6.45, 7) is 3.31. The van der Waals surface area contributed by atoms with Gasteiger partial charge >= 0.3 is 0 Å². The molecule has 1 amide bonds. The van der Waals surface area contributed by atoms with E-state index in [9.17, 15) is 23.4 Å². The van der Waals surface area contributed by atoms with Crippen LogP contribution in [0.1, 0.15) is 41.3 Å². The van der Waals surface area contributed by atoms with Crippen molar-refractivity contribution in [3.63, 3.8) is 0 Å². The van der Waals surface area contributed by atoms with Gasteiger partial charge in [0, 0.05) is 43.0 Å². The molecule has 1 heterocycles. The highest BCUT2D eigenvalue weighted by Crippen LogP contribution is 2.50. The summed E-state index contributed by atoms with van der Waals surface area (Å²) in [5, 5.41) is 20.5. The summed E-state index contributed by atoms with van der Waals surface area (Å²) in [6.07, 6.45) is 0.931. The zero-order valence-corrected chi connectivity index (χ0v) is 24.9. The van der Waals surface area contributed by atoms with E-state index in [0.29, 0.717) is 47.8 Å². The number of methoxy groups -OCH3 is 1. The fourth-order valence-electron chi connectivity index (χ4n) is 5.01. The van der Waals surface area contributed by atoms with E-state index in [4.69, 9.17) is 4.74 Å². The maximum atomic E-state index is 14.3. The standard InChI is InChI=1S/C31H41FN4O5S/c1-3-34-25-16-23(17-26(19-25)36-13-7-8-14-42(36,39)40)31(38)35-29(15-22-9-5-4-6-10-22)30(37)21-33-20-24-18-27(41-2)11-12-28(24)32/h4-6,9-12,16-19,29-30,33-34,37,39-40H,3,7-8,13-15,20-21H2,1-2H3,(H,35,38)/t29-,30+/m0/s1. The number of nitrogens with one attached hydrogen (secondary N) is 3. The molecule has 0 radical (unpaired) electrons. The average Bonchev–Trinajstić information content (AvgIpc) is 2.98. The summed E-state index contributed by atoms with van der Waals surface area (Å²) in [5.74, 6) is 0.0441. The Morgan fingerprint density at radius 1 is 1.10 bits per heavy atom. The van der Waals surface area contributed by atoms with E-state index in [1.165, 1.54) is 13.2 Å².